The minimum Gasteiger partial charge on any atom is -0.508 e. The molecule has 0 aliphatic rings. The molecule has 0 aliphatic carbocycles. The Bertz CT molecular complexity index is 1160. The van der Waals surface area contributed by atoms with Gasteiger partial charge in [-0.25, -0.2) is 4.79 Å². The van der Waals surface area contributed by atoms with Gasteiger partial charge in [-0.2, -0.15) is 11.8 Å². The van der Waals surface area contributed by atoms with E-state index in [0.29, 0.717) is 25.2 Å². The van der Waals surface area contributed by atoms with Crippen LogP contribution >= 0.6 is 11.8 Å². The lowest BCUT2D eigenvalue weighted by molar-refractivity contribution is -0.142. The SMILES string of the molecule is COC(=O)[C@H](CCSC)NC(=O)c1ccc(COCc2cccc(O)c2)cc1-c1ccccc1C. The highest BCUT2D eigenvalue weighted by Crippen LogP contribution is 2.29. The molecule has 1 amide bonds. The van der Waals surface area contributed by atoms with E-state index >= 15 is 0 Å². The lowest BCUT2D eigenvalue weighted by Gasteiger charge is -2.19. The summed E-state index contributed by atoms with van der Waals surface area (Å²) in [5.41, 5.74) is 5.00. The van der Waals surface area contributed by atoms with E-state index in [4.69, 9.17) is 9.47 Å². The summed E-state index contributed by atoms with van der Waals surface area (Å²) >= 11 is 1.60. The Morgan fingerprint density at radius 3 is 2.40 bits per heavy atom. The topological polar surface area (TPSA) is 84.9 Å². The van der Waals surface area contributed by atoms with Gasteiger partial charge in [0, 0.05) is 5.56 Å². The van der Waals surface area contributed by atoms with Crippen LogP contribution in [0.2, 0.25) is 0 Å². The third-order valence-corrected chi connectivity index (χ3v) is 6.26. The van der Waals surface area contributed by atoms with Crippen LogP contribution in [-0.2, 0) is 27.5 Å². The van der Waals surface area contributed by atoms with Crippen LogP contribution in [0.5, 0.6) is 5.75 Å². The highest BCUT2D eigenvalue weighted by atomic mass is 32.2. The molecular formula is C28H31NO5S. The number of amides is 1. The molecule has 0 radical (unpaired) electrons. The third kappa shape index (κ3) is 7.34. The van der Waals surface area contributed by atoms with E-state index in [-0.39, 0.29) is 11.7 Å². The quantitative estimate of drug-likeness (QED) is 0.361. The molecule has 0 aliphatic heterocycles. The predicted molar refractivity (Wildman–Crippen MR) is 139 cm³/mol. The van der Waals surface area contributed by atoms with Crippen molar-refractivity contribution in [2.24, 2.45) is 0 Å². The fourth-order valence-electron chi connectivity index (χ4n) is 3.77. The molecule has 0 aromatic heterocycles. The van der Waals surface area contributed by atoms with Gasteiger partial charge in [0.1, 0.15) is 11.8 Å². The summed E-state index contributed by atoms with van der Waals surface area (Å²) in [5.74, 6) is 0.139. The van der Waals surface area contributed by atoms with Crippen molar-refractivity contribution >= 4 is 23.6 Å². The number of thioether (sulfide) groups is 1. The molecule has 3 aromatic rings. The van der Waals surface area contributed by atoms with Crippen molar-refractivity contribution in [2.75, 3.05) is 19.1 Å². The second kappa shape index (κ2) is 13.0. The van der Waals surface area contributed by atoms with Crippen LogP contribution in [0.3, 0.4) is 0 Å². The van der Waals surface area contributed by atoms with Crippen molar-refractivity contribution in [3.63, 3.8) is 0 Å². The largest absolute Gasteiger partial charge is 0.508 e. The molecule has 1 atom stereocenters. The van der Waals surface area contributed by atoms with Crippen LogP contribution in [0, 0.1) is 6.92 Å². The lowest BCUT2D eigenvalue weighted by atomic mass is 9.93. The van der Waals surface area contributed by atoms with E-state index in [1.165, 1.54) is 7.11 Å². The summed E-state index contributed by atoms with van der Waals surface area (Å²) in [6, 6.07) is 19.7. The number of benzene rings is 3. The van der Waals surface area contributed by atoms with E-state index in [9.17, 15) is 14.7 Å². The van der Waals surface area contributed by atoms with Crippen LogP contribution < -0.4 is 5.32 Å². The number of hydrogen-bond acceptors (Lipinski definition) is 6. The summed E-state index contributed by atoms with van der Waals surface area (Å²) in [6.45, 7) is 2.69. The van der Waals surface area contributed by atoms with Gasteiger partial charge in [0.2, 0.25) is 0 Å². The van der Waals surface area contributed by atoms with Gasteiger partial charge in [-0.15, -0.1) is 0 Å². The lowest BCUT2D eigenvalue weighted by Crippen LogP contribution is -2.42. The molecular weight excluding hydrogens is 462 g/mol. The van der Waals surface area contributed by atoms with Crippen molar-refractivity contribution in [3.05, 3.63) is 89.0 Å². The molecule has 0 bridgehead atoms. The molecule has 0 saturated heterocycles. The average molecular weight is 494 g/mol. The van der Waals surface area contributed by atoms with Gasteiger partial charge in [-0.1, -0.05) is 42.5 Å². The van der Waals surface area contributed by atoms with Gasteiger partial charge in [-0.05, 0) is 77.4 Å². The highest BCUT2D eigenvalue weighted by Gasteiger charge is 2.23. The Balaban J connectivity index is 1.85. The van der Waals surface area contributed by atoms with Crippen LogP contribution in [-0.4, -0.2) is 42.1 Å². The van der Waals surface area contributed by atoms with Crippen molar-refractivity contribution < 1.29 is 24.2 Å². The molecule has 0 spiro atoms. The van der Waals surface area contributed by atoms with Gasteiger partial charge in [0.15, 0.2) is 0 Å². The molecule has 3 aromatic carbocycles. The molecule has 35 heavy (non-hydrogen) atoms. The maximum Gasteiger partial charge on any atom is 0.328 e. The van der Waals surface area contributed by atoms with Gasteiger partial charge in [-0.3, -0.25) is 4.79 Å². The minimum atomic E-state index is -0.713. The van der Waals surface area contributed by atoms with Crippen LogP contribution in [0.4, 0.5) is 0 Å². The molecule has 0 saturated carbocycles. The minimum absolute atomic E-state index is 0.200. The van der Waals surface area contributed by atoms with Gasteiger partial charge < -0.3 is 19.9 Å². The number of hydrogen-bond donors (Lipinski definition) is 2. The number of phenolic OH excluding ortho intramolecular Hbond substituents is 1. The fraction of sp³-hybridized carbons (Fsp3) is 0.286. The monoisotopic (exact) mass is 493 g/mol. The summed E-state index contributed by atoms with van der Waals surface area (Å²) < 4.78 is 10.8. The van der Waals surface area contributed by atoms with Crippen molar-refractivity contribution in [1.82, 2.24) is 5.32 Å². The van der Waals surface area contributed by atoms with E-state index in [1.807, 2.05) is 55.6 Å². The van der Waals surface area contributed by atoms with E-state index < -0.39 is 12.0 Å². The Morgan fingerprint density at radius 2 is 1.71 bits per heavy atom. The van der Waals surface area contributed by atoms with E-state index in [1.54, 1.807) is 36.0 Å². The normalized spacial score (nSPS) is 11.6. The van der Waals surface area contributed by atoms with Crippen LogP contribution in [0.15, 0.2) is 66.7 Å². The van der Waals surface area contributed by atoms with E-state index in [0.717, 1.165) is 33.6 Å². The predicted octanol–water partition coefficient (Wildman–Crippen LogP) is 5.11. The van der Waals surface area contributed by atoms with Gasteiger partial charge >= 0.3 is 5.97 Å². The number of carbonyl (C=O) groups is 2. The number of methoxy groups -OCH3 is 1. The maximum absolute atomic E-state index is 13.3. The Morgan fingerprint density at radius 1 is 0.971 bits per heavy atom. The molecule has 184 valence electrons. The number of aromatic hydroxyl groups is 1. The number of carbonyl (C=O) groups excluding carboxylic acids is 2. The van der Waals surface area contributed by atoms with Crippen molar-refractivity contribution in [3.8, 4) is 16.9 Å². The van der Waals surface area contributed by atoms with Crippen LogP contribution in [0.25, 0.3) is 11.1 Å². The summed E-state index contributed by atoms with van der Waals surface area (Å²) in [4.78, 5) is 25.5. The zero-order valence-corrected chi connectivity index (χ0v) is 21.1. The van der Waals surface area contributed by atoms with Gasteiger partial charge in [0.25, 0.3) is 5.91 Å². The molecule has 0 heterocycles. The Labute approximate surface area is 210 Å². The first kappa shape index (κ1) is 26.3. The van der Waals surface area contributed by atoms with Gasteiger partial charge in [0.05, 0.1) is 20.3 Å². The summed E-state index contributed by atoms with van der Waals surface area (Å²) in [6.07, 6.45) is 2.44. The number of ether oxygens (including phenoxy) is 2. The number of rotatable bonds is 11. The summed E-state index contributed by atoms with van der Waals surface area (Å²) in [5, 5.41) is 12.5. The highest BCUT2D eigenvalue weighted by molar-refractivity contribution is 7.98. The molecule has 0 unspecified atom stereocenters. The Kier molecular flexibility index (Phi) is 9.76. The second-order valence-corrected chi connectivity index (χ2v) is 9.17. The van der Waals surface area contributed by atoms with Crippen molar-refractivity contribution in [2.45, 2.75) is 32.6 Å². The number of aryl methyl sites for hydroxylation is 1. The van der Waals surface area contributed by atoms with Crippen molar-refractivity contribution in [1.29, 1.82) is 0 Å². The zero-order valence-electron chi connectivity index (χ0n) is 20.2. The summed E-state index contributed by atoms with van der Waals surface area (Å²) in [7, 11) is 1.32. The zero-order chi connectivity index (χ0) is 25.2. The Hall–Kier alpha value is -3.29. The van der Waals surface area contributed by atoms with E-state index in [2.05, 4.69) is 5.32 Å². The molecule has 3 rings (SSSR count). The standard InChI is InChI=1S/C28H31NO5S/c1-19-7-4-5-10-23(19)25-16-21(18-34-17-20-8-6-9-22(30)15-20)11-12-24(25)27(31)29-26(13-14-35-3)28(32)33-2/h4-12,15-16,26,30H,13-14,17-18H2,1-3H3,(H,29,31)/t26-/m0/s1. The number of phenols is 1. The number of nitrogens with one attached hydrogen (secondary N) is 1. The first-order valence-corrected chi connectivity index (χ1v) is 12.7. The smallest absolute Gasteiger partial charge is 0.328 e. The average Bonchev–Trinajstić information content (AvgIpc) is 2.86. The first-order valence-electron chi connectivity index (χ1n) is 11.3. The second-order valence-electron chi connectivity index (χ2n) is 8.19. The fourth-order valence-corrected chi connectivity index (χ4v) is 4.24. The number of esters is 1. The molecule has 7 heteroatoms. The maximum atomic E-state index is 13.3. The molecule has 0 fully saturated rings. The molecule has 6 nitrogen and oxygen atoms in total. The van der Waals surface area contributed by atoms with Crippen LogP contribution in [0.1, 0.15) is 33.5 Å². The third-order valence-electron chi connectivity index (χ3n) is 5.61. The molecule has 2 N–H and O–H groups in total. The first-order chi connectivity index (χ1) is 16.9.